The number of carbonyl (C=O) groups excluding carboxylic acids is 1. The van der Waals surface area contributed by atoms with E-state index in [0.29, 0.717) is 30.3 Å². The summed E-state index contributed by atoms with van der Waals surface area (Å²) in [6.45, 7) is 2.61. The molecular formula is C21H21FN4O2. The van der Waals surface area contributed by atoms with Crippen LogP contribution in [0.5, 0.6) is 5.75 Å². The highest BCUT2D eigenvalue weighted by Gasteiger charge is 2.11. The van der Waals surface area contributed by atoms with Gasteiger partial charge in [0.05, 0.1) is 18.4 Å². The Bertz CT molecular complexity index is 944. The van der Waals surface area contributed by atoms with Crippen molar-refractivity contribution in [3.63, 3.8) is 0 Å². The fourth-order valence-corrected chi connectivity index (χ4v) is 2.58. The summed E-state index contributed by atoms with van der Waals surface area (Å²) in [5.74, 6) is 0.663. The number of methoxy groups -OCH3 is 1. The number of rotatable bonds is 7. The van der Waals surface area contributed by atoms with Gasteiger partial charge in [0.25, 0.3) is 5.91 Å². The number of nitrogens with zero attached hydrogens (tertiary/aromatic N) is 2. The Labute approximate surface area is 162 Å². The molecule has 0 bridgehead atoms. The molecule has 144 valence electrons. The fraction of sp³-hybridized carbons (Fsp3) is 0.190. The Morgan fingerprint density at radius 2 is 1.68 bits per heavy atom. The number of nitrogens with one attached hydrogen (secondary N) is 2. The Hall–Kier alpha value is -3.48. The molecule has 0 aliphatic heterocycles. The number of hydrogen-bond donors (Lipinski definition) is 2. The van der Waals surface area contributed by atoms with Crippen LogP contribution < -0.4 is 15.4 Å². The molecule has 0 saturated carbocycles. The molecule has 7 heteroatoms. The van der Waals surface area contributed by atoms with Crippen LogP contribution in [-0.2, 0) is 13.1 Å². The summed E-state index contributed by atoms with van der Waals surface area (Å²) >= 11 is 0. The van der Waals surface area contributed by atoms with Crippen molar-refractivity contribution in [1.82, 2.24) is 15.3 Å². The second-order valence-electron chi connectivity index (χ2n) is 6.20. The fourth-order valence-electron chi connectivity index (χ4n) is 2.58. The quantitative estimate of drug-likeness (QED) is 0.656. The van der Waals surface area contributed by atoms with Crippen molar-refractivity contribution in [2.75, 3.05) is 12.4 Å². The molecule has 0 fully saturated rings. The summed E-state index contributed by atoms with van der Waals surface area (Å²) in [5, 5.41) is 5.93. The van der Waals surface area contributed by atoms with E-state index >= 15 is 0 Å². The van der Waals surface area contributed by atoms with E-state index in [1.54, 1.807) is 26.2 Å². The average Bonchev–Trinajstić information content (AvgIpc) is 2.72. The Morgan fingerprint density at radius 1 is 1.04 bits per heavy atom. The maximum Gasteiger partial charge on any atom is 0.254 e. The van der Waals surface area contributed by atoms with Gasteiger partial charge in [-0.15, -0.1) is 0 Å². The molecule has 2 N–H and O–H groups in total. The van der Waals surface area contributed by atoms with E-state index in [4.69, 9.17) is 4.74 Å². The molecule has 28 heavy (non-hydrogen) atoms. The molecular weight excluding hydrogens is 359 g/mol. The van der Waals surface area contributed by atoms with Gasteiger partial charge in [-0.05, 0) is 42.3 Å². The first-order valence-corrected chi connectivity index (χ1v) is 8.78. The van der Waals surface area contributed by atoms with E-state index in [1.807, 2.05) is 24.3 Å². The van der Waals surface area contributed by atoms with Crippen LogP contribution in [0.2, 0.25) is 0 Å². The smallest absolute Gasteiger partial charge is 0.254 e. The lowest BCUT2D eigenvalue weighted by molar-refractivity contribution is 0.0949. The zero-order chi connectivity index (χ0) is 19.9. The predicted molar refractivity (Wildman–Crippen MR) is 105 cm³/mol. The molecule has 1 heterocycles. The molecule has 0 saturated heterocycles. The zero-order valence-corrected chi connectivity index (χ0v) is 15.7. The number of aromatic nitrogens is 2. The third-order valence-corrected chi connectivity index (χ3v) is 4.20. The highest BCUT2D eigenvalue weighted by atomic mass is 19.1. The summed E-state index contributed by atoms with van der Waals surface area (Å²) in [6, 6.07) is 13.7. The number of benzene rings is 2. The summed E-state index contributed by atoms with van der Waals surface area (Å²) in [4.78, 5) is 20.9. The van der Waals surface area contributed by atoms with Crippen LogP contribution >= 0.6 is 0 Å². The Kier molecular flexibility index (Phi) is 6.16. The van der Waals surface area contributed by atoms with E-state index in [2.05, 4.69) is 20.6 Å². The first-order valence-electron chi connectivity index (χ1n) is 8.78. The number of halogens is 1. The number of carbonyl (C=O) groups is 1. The summed E-state index contributed by atoms with van der Waals surface area (Å²) in [7, 11) is 1.63. The second-order valence-corrected chi connectivity index (χ2v) is 6.20. The van der Waals surface area contributed by atoms with E-state index < -0.39 is 0 Å². The third kappa shape index (κ3) is 5.03. The lowest BCUT2D eigenvalue weighted by Crippen LogP contribution is -2.24. The number of amides is 1. The average molecular weight is 380 g/mol. The monoisotopic (exact) mass is 380 g/mol. The normalized spacial score (nSPS) is 10.4. The van der Waals surface area contributed by atoms with Crippen molar-refractivity contribution in [1.29, 1.82) is 0 Å². The van der Waals surface area contributed by atoms with E-state index in [0.717, 1.165) is 16.9 Å². The van der Waals surface area contributed by atoms with E-state index in [1.165, 1.54) is 18.3 Å². The molecule has 0 aliphatic carbocycles. The van der Waals surface area contributed by atoms with Gasteiger partial charge in [-0.25, -0.2) is 14.4 Å². The zero-order valence-electron chi connectivity index (χ0n) is 15.7. The van der Waals surface area contributed by atoms with Crippen molar-refractivity contribution in [3.8, 4) is 5.75 Å². The van der Waals surface area contributed by atoms with Crippen LogP contribution in [0.15, 0.2) is 54.7 Å². The largest absolute Gasteiger partial charge is 0.497 e. The number of anilines is 1. The summed E-state index contributed by atoms with van der Waals surface area (Å²) in [6.07, 6.45) is 1.50. The van der Waals surface area contributed by atoms with Crippen molar-refractivity contribution < 1.29 is 13.9 Å². The van der Waals surface area contributed by atoms with Gasteiger partial charge in [-0.3, -0.25) is 4.79 Å². The number of aryl methyl sites for hydroxylation is 1. The minimum Gasteiger partial charge on any atom is -0.497 e. The van der Waals surface area contributed by atoms with Crippen molar-refractivity contribution in [2.24, 2.45) is 0 Å². The van der Waals surface area contributed by atoms with Crippen LogP contribution in [0.25, 0.3) is 0 Å². The van der Waals surface area contributed by atoms with E-state index in [-0.39, 0.29) is 11.7 Å². The summed E-state index contributed by atoms with van der Waals surface area (Å²) in [5.41, 5.74) is 2.84. The van der Waals surface area contributed by atoms with Crippen LogP contribution in [0, 0.1) is 12.7 Å². The van der Waals surface area contributed by atoms with Crippen LogP contribution in [0.1, 0.15) is 27.2 Å². The lowest BCUT2D eigenvalue weighted by atomic mass is 10.2. The Balaban J connectivity index is 1.57. The van der Waals surface area contributed by atoms with Gasteiger partial charge in [0, 0.05) is 19.3 Å². The van der Waals surface area contributed by atoms with Crippen molar-refractivity contribution in [3.05, 3.63) is 82.9 Å². The molecule has 1 aromatic heterocycles. The van der Waals surface area contributed by atoms with Gasteiger partial charge in [0.15, 0.2) is 0 Å². The second kappa shape index (κ2) is 8.94. The standard InChI is InChI=1S/C21H21FN4O2/c1-14-19(20(27)23-11-15-3-7-17(22)8-4-15)13-25-21(26-14)24-12-16-5-9-18(28-2)10-6-16/h3-10,13H,11-12H2,1-2H3,(H,23,27)(H,24,25,26). The molecule has 0 atom stereocenters. The maximum absolute atomic E-state index is 12.9. The maximum atomic E-state index is 12.9. The Morgan fingerprint density at radius 3 is 2.32 bits per heavy atom. The summed E-state index contributed by atoms with van der Waals surface area (Å²) < 4.78 is 18.1. The molecule has 0 unspecified atom stereocenters. The van der Waals surface area contributed by atoms with Crippen LogP contribution in [0.4, 0.5) is 10.3 Å². The van der Waals surface area contributed by atoms with Crippen molar-refractivity contribution in [2.45, 2.75) is 20.0 Å². The molecule has 3 rings (SSSR count). The van der Waals surface area contributed by atoms with Gasteiger partial charge >= 0.3 is 0 Å². The number of hydrogen-bond acceptors (Lipinski definition) is 5. The third-order valence-electron chi connectivity index (χ3n) is 4.20. The molecule has 6 nitrogen and oxygen atoms in total. The first kappa shape index (κ1) is 19.3. The van der Waals surface area contributed by atoms with Gasteiger partial charge in [-0.2, -0.15) is 0 Å². The van der Waals surface area contributed by atoms with Gasteiger partial charge < -0.3 is 15.4 Å². The molecule has 3 aromatic rings. The number of ether oxygens (including phenoxy) is 1. The molecule has 0 radical (unpaired) electrons. The van der Waals surface area contributed by atoms with Gasteiger partial charge in [0.1, 0.15) is 11.6 Å². The van der Waals surface area contributed by atoms with Crippen LogP contribution in [-0.4, -0.2) is 23.0 Å². The molecule has 1 amide bonds. The highest BCUT2D eigenvalue weighted by molar-refractivity contribution is 5.94. The van der Waals surface area contributed by atoms with Gasteiger partial charge in [-0.1, -0.05) is 24.3 Å². The minimum atomic E-state index is -0.308. The van der Waals surface area contributed by atoms with E-state index in [9.17, 15) is 9.18 Å². The van der Waals surface area contributed by atoms with Crippen LogP contribution in [0.3, 0.4) is 0 Å². The lowest BCUT2D eigenvalue weighted by Gasteiger charge is -2.10. The highest BCUT2D eigenvalue weighted by Crippen LogP contribution is 2.13. The molecule has 0 spiro atoms. The van der Waals surface area contributed by atoms with Crippen molar-refractivity contribution >= 4 is 11.9 Å². The first-order chi connectivity index (χ1) is 13.5. The molecule has 0 aliphatic rings. The van der Waals surface area contributed by atoms with Gasteiger partial charge in [0.2, 0.25) is 5.95 Å². The minimum absolute atomic E-state index is 0.275. The topological polar surface area (TPSA) is 76.1 Å². The SMILES string of the molecule is COc1ccc(CNc2ncc(C(=O)NCc3ccc(F)cc3)c(C)n2)cc1. The molecule has 2 aromatic carbocycles. The predicted octanol–water partition coefficient (Wildman–Crippen LogP) is 3.47.